The zero-order valence-corrected chi connectivity index (χ0v) is 9.53. The second-order valence-corrected chi connectivity index (χ2v) is 4.08. The molecule has 0 fully saturated rings. The molecule has 0 radical (unpaired) electrons. The van der Waals surface area contributed by atoms with Crippen LogP contribution in [0.4, 0.5) is 0 Å². The van der Waals surface area contributed by atoms with Crippen LogP contribution in [0.2, 0.25) is 0 Å². The number of aromatic nitrogens is 2. The highest BCUT2D eigenvalue weighted by molar-refractivity contribution is 5.94. The van der Waals surface area contributed by atoms with Gasteiger partial charge < -0.3 is 4.98 Å². The summed E-state index contributed by atoms with van der Waals surface area (Å²) in [5.41, 5.74) is 2.15. The average molecular weight is 224 g/mol. The van der Waals surface area contributed by atoms with E-state index in [0.717, 1.165) is 21.8 Å². The molecule has 0 spiro atoms. The van der Waals surface area contributed by atoms with Crippen molar-refractivity contribution in [2.45, 2.75) is 13.3 Å². The van der Waals surface area contributed by atoms with Gasteiger partial charge in [0.05, 0.1) is 11.0 Å². The highest BCUT2D eigenvalue weighted by Crippen LogP contribution is 2.19. The van der Waals surface area contributed by atoms with E-state index in [1.807, 2.05) is 43.3 Å². The van der Waals surface area contributed by atoms with E-state index in [2.05, 4.69) is 9.97 Å². The fourth-order valence-electron chi connectivity index (χ4n) is 2.05. The second kappa shape index (κ2) is 3.70. The number of aryl methyl sites for hydroxylation is 1. The molecule has 3 aromatic rings. The molecular formula is C14H12N2O. The van der Waals surface area contributed by atoms with Crippen LogP contribution in [0.5, 0.6) is 0 Å². The van der Waals surface area contributed by atoms with E-state index in [0.29, 0.717) is 12.1 Å². The number of benzene rings is 2. The van der Waals surface area contributed by atoms with Crippen LogP contribution in [0.1, 0.15) is 12.6 Å². The first-order valence-corrected chi connectivity index (χ1v) is 5.69. The maximum absolute atomic E-state index is 11.7. The van der Waals surface area contributed by atoms with Crippen LogP contribution in [0.25, 0.3) is 21.8 Å². The molecule has 0 atom stereocenters. The summed E-state index contributed by atoms with van der Waals surface area (Å²) in [4.78, 5) is 19.0. The first-order chi connectivity index (χ1) is 8.28. The van der Waals surface area contributed by atoms with E-state index in [9.17, 15) is 4.79 Å². The van der Waals surface area contributed by atoms with Crippen molar-refractivity contribution in [2.75, 3.05) is 0 Å². The number of nitrogens with zero attached hydrogens (tertiary/aromatic N) is 1. The van der Waals surface area contributed by atoms with Crippen LogP contribution in [0.3, 0.4) is 0 Å². The molecule has 1 N–H and O–H groups in total. The van der Waals surface area contributed by atoms with Gasteiger partial charge in [-0.05, 0) is 29.3 Å². The third-order valence-electron chi connectivity index (χ3n) is 2.96. The van der Waals surface area contributed by atoms with Gasteiger partial charge in [0.1, 0.15) is 5.69 Å². The van der Waals surface area contributed by atoms with Gasteiger partial charge >= 0.3 is 0 Å². The third kappa shape index (κ3) is 1.60. The van der Waals surface area contributed by atoms with E-state index in [4.69, 9.17) is 0 Å². The highest BCUT2D eigenvalue weighted by Gasteiger charge is 2.03. The van der Waals surface area contributed by atoms with E-state index in [-0.39, 0.29) is 5.56 Å². The van der Waals surface area contributed by atoms with Crippen molar-refractivity contribution in [2.24, 2.45) is 0 Å². The molecule has 0 saturated heterocycles. The molecule has 1 heterocycles. The summed E-state index contributed by atoms with van der Waals surface area (Å²) in [5, 5.41) is 2.25. The number of nitrogens with one attached hydrogen (secondary N) is 1. The fraction of sp³-hybridized carbons (Fsp3) is 0.143. The molecule has 0 unspecified atom stereocenters. The summed E-state index contributed by atoms with van der Waals surface area (Å²) in [7, 11) is 0. The summed E-state index contributed by atoms with van der Waals surface area (Å²) >= 11 is 0. The normalized spacial score (nSPS) is 11.1. The molecule has 3 rings (SSSR count). The Kier molecular flexibility index (Phi) is 2.18. The zero-order chi connectivity index (χ0) is 11.8. The van der Waals surface area contributed by atoms with Gasteiger partial charge in [0.15, 0.2) is 0 Å². The van der Waals surface area contributed by atoms with Gasteiger partial charge in [0.25, 0.3) is 5.56 Å². The number of H-pyrrole nitrogens is 1. The number of fused-ring (bicyclic) bond motifs is 2. The minimum Gasteiger partial charge on any atom is -0.319 e. The molecule has 0 aliphatic rings. The Labute approximate surface area is 98.1 Å². The smallest absolute Gasteiger partial charge is 0.270 e. The lowest BCUT2D eigenvalue weighted by molar-refractivity contribution is 0.997. The van der Waals surface area contributed by atoms with Crippen molar-refractivity contribution in [1.82, 2.24) is 9.97 Å². The lowest BCUT2D eigenvalue weighted by atomic mass is 10.1. The van der Waals surface area contributed by atoms with E-state index in [1.165, 1.54) is 0 Å². The van der Waals surface area contributed by atoms with Gasteiger partial charge in [-0.25, -0.2) is 4.98 Å². The molecule has 3 heteroatoms. The largest absolute Gasteiger partial charge is 0.319 e. The van der Waals surface area contributed by atoms with E-state index >= 15 is 0 Å². The first-order valence-electron chi connectivity index (χ1n) is 5.69. The van der Waals surface area contributed by atoms with Crippen molar-refractivity contribution < 1.29 is 0 Å². The Morgan fingerprint density at radius 1 is 1.18 bits per heavy atom. The van der Waals surface area contributed by atoms with Gasteiger partial charge in [-0.3, -0.25) is 4.79 Å². The molecule has 0 aliphatic carbocycles. The number of hydrogen-bond acceptors (Lipinski definition) is 2. The van der Waals surface area contributed by atoms with E-state index in [1.54, 1.807) is 0 Å². The molecule has 2 aromatic carbocycles. The van der Waals surface area contributed by atoms with Crippen LogP contribution in [-0.4, -0.2) is 9.97 Å². The van der Waals surface area contributed by atoms with Gasteiger partial charge in [0.2, 0.25) is 0 Å². The number of aromatic amines is 1. The maximum Gasteiger partial charge on any atom is 0.270 e. The van der Waals surface area contributed by atoms with Crippen LogP contribution in [-0.2, 0) is 6.42 Å². The minimum absolute atomic E-state index is 0.0877. The zero-order valence-electron chi connectivity index (χ0n) is 9.53. The summed E-state index contributed by atoms with van der Waals surface area (Å²) in [6.07, 6.45) is 0.651. The Hall–Kier alpha value is -2.16. The Balaban J connectivity index is 2.44. The molecular weight excluding hydrogens is 212 g/mol. The molecule has 1 aromatic heterocycles. The summed E-state index contributed by atoms with van der Waals surface area (Å²) in [5.74, 6) is 0. The maximum atomic E-state index is 11.7. The SMILES string of the molecule is CCc1nc2cc3ccccc3cc2[nH]c1=O. The van der Waals surface area contributed by atoms with Crippen LogP contribution in [0, 0.1) is 0 Å². The van der Waals surface area contributed by atoms with Crippen LogP contribution in [0.15, 0.2) is 41.2 Å². The number of hydrogen-bond donors (Lipinski definition) is 1. The summed E-state index contributed by atoms with van der Waals surface area (Å²) in [6.45, 7) is 1.93. The molecule has 84 valence electrons. The summed E-state index contributed by atoms with van der Waals surface area (Å²) < 4.78 is 0. The van der Waals surface area contributed by atoms with Gasteiger partial charge in [-0.1, -0.05) is 31.2 Å². The Morgan fingerprint density at radius 3 is 2.59 bits per heavy atom. The van der Waals surface area contributed by atoms with Crippen LogP contribution >= 0.6 is 0 Å². The second-order valence-electron chi connectivity index (χ2n) is 4.08. The van der Waals surface area contributed by atoms with Crippen LogP contribution < -0.4 is 5.56 Å². The third-order valence-corrected chi connectivity index (χ3v) is 2.96. The molecule has 0 aliphatic heterocycles. The van der Waals surface area contributed by atoms with Gasteiger partial charge in [-0.15, -0.1) is 0 Å². The Morgan fingerprint density at radius 2 is 1.88 bits per heavy atom. The minimum atomic E-state index is -0.0877. The lowest BCUT2D eigenvalue weighted by Crippen LogP contribution is -2.14. The lowest BCUT2D eigenvalue weighted by Gasteiger charge is -2.03. The van der Waals surface area contributed by atoms with Crippen molar-refractivity contribution in [1.29, 1.82) is 0 Å². The molecule has 0 amide bonds. The van der Waals surface area contributed by atoms with Crippen molar-refractivity contribution >= 4 is 21.8 Å². The van der Waals surface area contributed by atoms with Crippen molar-refractivity contribution in [3.8, 4) is 0 Å². The standard InChI is InChI=1S/C14H12N2O/c1-2-11-14(17)16-13-8-10-6-4-3-5-9(10)7-12(13)15-11/h3-8H,2H2,1H3,(H,16,17). The average Bonchev–Trinajstić information content (AvgIpc) is 2.35. The fourth-order valence-corrected chi connectivity index (χ4v) is 2.05. The molecule has 0 saturated carbocycles. The summed E-state index contributed by atoms with van der Waals surface area (Å²) in [6, 6.07) is 12.0. The number of rotatable bonds is 1. The molecule has 0 bridgehead atoms. The van der Waals surface area contributed by atoms with E-state index < -0.39 is 0 Å². The van der Waals surface area contributed by atoms with Gasteiger partial charge in [-0.2, -0.15) is 0 Å². The first kappa shape index (κ1) is 10.0. The van der Waals surface area contributed by atoms with Crippen molar-refractivity contribution in [3.63, 3.8) is 0 Å². The quantitative estimate of drug-likeness (QED) is 0.646. The van der Waals surface area contributed by atoms with Crippen molar-refractivity contribution in [3.05, 3.63) is 52.4 Å². The predicted molar refractivity (Wildman–Crippen MR) is 69.2 cm³/mol. The van der Waals surface area contributed by atoms with Gasteiger partial charge in [0, 0.05) is 0 Å². The predicted octanol–water partition coefficient (Wildman–Crippen LogP) is 2.64. The molecule has 3 nitrogen and oxygen atoms in total. The topological polar surface area (TPSA) is 45.8 Å². The monoisotopic (exact) mass is 224 g/mol. The Bertz CT molecular complexity index is 759. The molecule has 17 heavy (non-hydrogen) atoms. The highest BCUT2D eigenvalue weighted by atomic mass is 16.1.